The minimum atomic E-state index is -0.0161. The summed E-state index contributed by atoms with van der Waals surface area (Å²) >= 11 is 5.86. The first-order chi connectivity index (χ1) is 8.47. The molecule has 0 radical (unpaired) electrons. The molecule has 0 fully saturated rings. The molecule has 0 saturated heterocycles. The molecule has 0 atom stereocenters. The van der Waals surface area contributed by atoms with E-state index in [1.807, 2.05) is 11.8 Å². The molecule has 0 aliphatic heterocycles. The smallest absolute Gasteiger partial charge is 0.241 e. The van der Waals surface area contributed by atoms with Crippen LogP contribution in [0.2, 0.25) is 5.15 Å². The number of aromatic nitrogens is 2. The van der Waals surface area contributed by atoms with Crippen LogP contribution in [0.15, 0.2) is 6.33 Å². The minimum absolute atomic E-state index is 0.0161. The summed E-state index contributed by atoms with van der Waals surface area (Å²) in [7, 11) is 3.42. The van der Waals surface area contributed by atoms with Crippen molar-refractivity contribution in [3.8, 4) is 0 Å². The lowest BCUT2D eigenvalue weighted by atomic mass is 10.3. The van der Waals surface area contributed by atoms with Crippen molar-refractivity contribution in [2.75, 3.05) is 37.8 Å². The number of halogens is 1. The molecular weight excluding hydrogens is 254 g/mol. The fourth-order valence-electron chi connectivity index (χ4n) is 1.45. The summed E-state index contributed by atoms with van der Waals surface area (Å²) in [5, 5.41) is 0.207. The van der Waals surface area contributed by atoms with Gasteiger partial charge in [0.25, 0.3) is 0 Å². The first-order valence-corrected chi connectivity index (χ1v) is 6.06. The van der Waals surface area contributed by atoms with Crippen molar-refractivity contribution in [3.05, 3.63) is 11.5 Å². The molecule has 0 spiro atoms. The Labute approximate surface area is 112 Å². The van der Waals surface area contributed by atoms with Crippen molar-refractivity contribution in [2.45, 2.75) is 13.3 Å². The van der Waals surface area contributed by atoms with E-state index in [1.54, 1.807) is 14.1 Å². The summed E-state index contributed by atoms with van der Waals surface area (Å²) in [4.78, 5) is 23.0. The van der Waals surface area contributed by atoms with Gasteiger partial charge in [-0.2, -0.15) is 0 Å². The van der Waals surface area contributed by atoms with Crippen LogP contribution in [-0.4, -0.2) is 48.0 Å². The van der Waals surface area contributed by atoms with Gasteiger partial charge in [0.15, 0.2) is 11.0 Å². The summed E-state index contributed by atoms with van der Waals surface area (Å²) < 4.78 is 0. The Morgan fingerprint density at radius 2 is 2.11 bits per heavy atom. The van der Waals surface area contributed by atoms with Crippen molar-refractivity contribution in [1.82, 2.24) is 14.9 Å². The van der Waals surface area contributed by atoms with E-state index >= 15 is 0 Å². The van der Waals surface area contributed by atoms with Crippen molar-refractivity contribution in [3.63, 3.8) is 0 Å². The number of carbonyl (C=O) groups excluding carboxylic acids is 1. The monoisotopic (exact) mass is 271 g/mol. The van der Waals surface area contributed by atoms with Crippen LogP contribution in [-0.2, 0) is 4.79 Å². The first kappa shape index (κ1) is 14.5. The van der Waals surface area contributed by atoms with Crippen LogP contribution in [0.1, 0.15) is 13.3 Å². The van der Waals surface area contributed by atoms with E-state index in [2.05, 4.69) is 9.97 Å². The summed E-state index contributed by atoms with van der Waals surface area (Å²) in [5.74, 6) is 0.490. The van der Waals surface area contributed by atoms with E-state index in [1.165, 1.54) is 11.2 Å². The van der Waals surface area contributed by atoms with E-state index in [9.17, 15) is 4.79 Å². The SMILES string of the molecule is CCCN(CC(=O)N(C)C)c1ncnc(Cl)c1N. The standard InChI is InChI=1S/C11H18ClN5O/c1-4-5-17(6-8(18)16(2)3)11-9(13)10(12)14-7-15-11/h7H,4-6,13H2,1-3H3. The lowest BCUT2D eigenvalue weighted by molar-refractivity contribution is -0.127. The Kier molecular flexibility index (Phi) is 5.15. The maximum Gasteiger partial charge on any atom is 0.241 e. The summed E-state index contributed by atoms with van der Waals surface area (Å²) in [6, 6.07) is 0. The van der Waals surface area contributed by atoms with Gasteiger partial charge in [-0.05, 0) is 6.42 Å². The van der Waals surface area contributed by atoms with Crippen molar-refractivity contribution < 1.29 is 4.79 Å². The molecular formula is C11H18ClN5O. The van der Waals surface area contributed by atoms with Gasteiger partial charge in [0.05, 0.1) is 6.54 Å². The Morgan fingerprint density at radius 3 is 2.67 bits per heavy atom. The highest BCUT2D eigenvalue weighted by Gasteiger charge is 2.17. The van der Waals surface area contributed by atoms with Gasteiger partial charge < -0.3 is 15.5 Å². The van der Waals surface area contributed by atoms with Crippen molar-refractivity contribution in [2.24, 2.45) is 0 Å². The van der Waals surface area contributed by atoms with Gasteiger partial charge in [-0.3, -0.25) is 4.79 Å². The zero-order valence-electron chi connectivity index (χ0n) is 10.9. The van der Waals surface area contributed by atoms with Crippen LogP contribution in [0.4, 0.5) is 11.5 Å². The van der Waals surface area contributed by atoms with Gasteiger partial charge in [0, 0.05) is 20.6 Å². The van der Waals surface area contributed by atoms with Crippen LogP contribution >= 0.6 is 11.6 Å². The number of nitrogens with two attached hydrogens (primary N) is 1. The predicted octanol–water partition coefficient (Wildman–Crippen LogP) is 1.02. The second-order valence-electron chi connectivity index (χ2n) is 4.11. The molecule has 0 aliphatic carbocycles. The molecule has 1 heterocycles. The van der Waals surface area contributed by atoms with Gasteiger partial charge >= 0.3 is 0 Å². The summed E-state index contributed by atoms with van der Waals surface area (Å²) in [6.07, 6.45) is 2.22. The highest BCUT2D eigenvalue weighted by molar-refractivity contribution is 6.32. The number of hydrogen-bond acceptors (Lipinski definition) is 5. The number of hydrogen-bond donors (Lipinski definition) is 1. The number of carbonyl (C=O) groups is 1. The number of likely N-dealkylation sites (N-methyl/N-ethyl adjacent to an activating group) is 1. The molecule has 1 amide bonds. The lowest BCUT2D eigenvalue weighted by Crippen LogP contribution is -2.38. The zero-order chi connectivity index (χ0) is 13.7. The number of nitrogen functional groups attached to an aromatic ring is 1. The van der Waals surface area contributed by atoms with Gasteiger partial charge in [-0.25, -0.2) is 9.97 Å². The number of amides is 1. The summed E-state index contributed by atoms with van der Waals surface area (Å²) in [5.41, 5.74) is 6.15. The molecule has 1 aromatic heterocycles. The van der Waals surface area contributed by atoms with Gasteiger partial charge in [-0.15, -0.1) is 0 Å². The quantitative estimate of drug-likeness (QED) is 0.809. The number of anilines is 2. The molecule has 0 saturated carbocycles. The molecule has 0 unspecified atom stereocenters. The molecule has 100 valence electrons. The molecule has 2 N–H and O–H groups in total. The fourth-order valence-corrected chi connectivity index (χ4v) is 1.58. The number of nitrogens with zero attached hydrogens (tertiary/aromatic N) is 4. The van der Waals surface area contributed by atoms with Crippen LogP contribution in [0, 0.1) is 0 Å². The highest BCUT2D eigenvalue weighted by Crippen LogP contribution is 2.25. The zero-order valence-corrected chi connectivity index (χ0v) is 11.6. The summed E-state index contributed by atoms with van der Waals surface area (Å²) in [6.45, 7) is 2.92. The normalized spacial score (nSPS) is 10.2. The molecule has 0 aliphatic rings. The Hall–Kier alpha value is -1.56. The third-order valence-corrected chi connectivity index (χ3v) is 2.73. The minimum Gasteiger partial charge on any atom is -0.393 e. The predicted molar refractivity (Wildman–Crippen MR) is 72.7 cm³/mol. The van der Waals surface area contributed by atoms with Crippen LogP contribution < -0.4 is 10.6 Å². The molecule has 1 aromatic rings. The Bertz CT molecular complexity index is 424. The van der Waals surface area contributed by atoms with Crippen LogP contribution in [0.3, 0.4) is 0 Å². The topological polar surface area (TPSA) is 75.4 Å². The largest absolute Gasteiger partial charge is 0.393 e. The van der Waals surface area contributed by atoms with Crippen LogP contribution in [0.5, 0.6) is 0 Å². The third kappa shape index (κ3) is 3.46. The fraction of sp³-hybridized carbons (Fsp3) is 0.545. The average molecular weight is 272 g/mol. The van der Waals surface area contributed by atoms with Gasteiger partial charge in [-0.1, -0.05) is 18.5 Å². The Morgan fingerprint density at radius 1 is 1.44 bits per heavy atom. The van der Waals surface area contributed by atoms with Gasteiger partial charge in [0.1, 0.15) is 12.0 Å². The second-order valence-corrected chi connectivity index (χ2v) is 4.47. The first-order valence-electron chi connectivity index (χ1n) is 5.68. The van der Waals surface area contributed by atoms with E-state index in [4.69, 9.17) is 17.3 Å². The van der Waals surface area contributed by atoms with Crippen molar-refractivity contribution in [1.29, 1.82) is 0 Å². The van der Waals surface area contributed by atoms with E-state index < -0.39 is 0 Å². The molecule has 0 aromatic carbocycles. The maximum absolute atomic E-state index is 11.8. The molecule has 6 nitrogen and oxygen atoms in total. The second kappa shape index (κ2) is 6.39. The highest BCUT2D eigenvalue weighted by atomic mass is 35.5. The van der Waals surface area contributed by atoms with Gasteiger partial charge in [0.2, 0.25) is 5.91 Å². The molecule has 0 bridgehead atoms. The molecule has 1 rings (SSSR count). The maximum atomic E-state index is 11.8. The van der Waals surface area contributed by atoms with Crippen molar-refractivity contribution >= 4 is 29.0 Å². The lowest BCUT2D eigenvalue weighted by Gasteiger charge is -2.25. The third-order valence-electron chi connectivity index (χ3n) is 2.43. The van der Waals surface area contributed by atoms with E-state index in [-0.39, 0.29) is 17.6 Å². The molecule has 7 heteroatoms. The Balaban J connectivity index is 2.97. The van der Waals surface area contributed by atoms with E-state index in [0.717, 1.165) is 6.42 Å². The number of rotatable bonds is 5. The van der Waals surface area contributed by atoms with Crippen LogP contribution in [0.25, 0.3) is 0 Å². The molecule has 18 heavy (non-hydrogen) atoms. The average Bonchev–Trinajstić information content (AvgIpc) is 2.32. The van der Waals surface area contributed by atoms with E-state index in [0.29, 0.717) is 18.1 Å².